The molecule has 1 aromatic carbocycles. The number of hydrogen-bond donors (Lipinski definition) is 2. The standard InChI is InChI=1S/C13H19NOS/c1-3-6-11(4-2)14-13(15)10-7-5-8-12(16)9-10/h5,7-9,11,16H,3-4,6H2,1-2H3,(H,14,15). The number of hydrogen-bond acceptors (Lipinski definition) is 2. The summed E-state index contributed by atoms with van der Waals surface area (Å²) in [5, 5.41) is 3.04. The summed E-state index contributed by atoms with van der Waals surface area (Å²) in [6.45, 7) is 4.22. The average Bonchev–Trinajstić information content (AvgIpc) is 2.28. The van der Waals surface area contributed by atoms with Gasteiger partial charge in [0, 0.05) is 16.5 Å². The third-order valence-electron chi connectivity index (χ3n) is 2.57. The molecule has 0 bridgehead atoms. The summed E-state index contributed by atoms with van der Waals surface area (Å²) < 4.78 is 0. The highest BCUT2D eigenvalue weighted by Gasteiger charge is 2.11. The van der Waals surface area contributed by atoms with Crippen LogP contribution < -0.4 is 5.32 Å². The number of carbonyl (C=O) groups is 1. The van der Waals surface area contributed by atoms with Crippen molar-refractivity contribution in [1.82, 2.24) is 5.32 Å². The van der Waals surface area contributed by atoms with Crippen molar-refractivity contribution >= 4 is 18.5 Å². The van der Waals surface area contributed by atoms with Crippen molar-refractivity contribution in [2.24, 2.45) is 0 Å². The molecule has 88 valence electrons. The molecule has 2 nitrogen and oxygen atoms in total. The second-order valence-corrected chi connectivity index (χ2v) is 4.43. The maximum Gasteiger partial charge on any atom is 0.251 e. The highest BCUT2D eigenvalue weighted by atomic mass is 32.1. The number of amides is 1. The minimum atomic E-state index is -0.00352. The van der Waals surface area contributed by atoms with Crippen LogP contribution in [0.3, 0.4) is 0 Å². The van der Waals surface area contributed by atoms with Crippen molar-refractivity contribution in [1.29, 1.82) is 0 Å². The number of rotatable bonds is 5. The average molecular weight is 237 g/mol. The molecular formula is C13H19NOS. The van der Waals surface area contributed by atoms with E-state index < -0.39 is 0 Å². The van der Waals surface area contributed by atoms with Gasteiger partial charge in [-0.1, -0.05) is 26.3 Å². The molecule has 3 heteroatoms. The quantitative estimate of drug-likeness (QED) is 0.756. The highest BCUT2D eigenvalue weighted by molar-refractivity contribution is 7.80. The van der Waals surface area contributed by atoms with Gasteiger partial charge < -0.3 is 5.32 Å². The lowest BCUT2D eigenvalue weighted by Crippen LogP contribution is -2.34. The summed E-state index contributed by atoms with van der Waals surface area (Å²) in [5.41, 5.74) is 0.682. The van der Waals surface area contributed by atoms with Crippen LogP contribution in [0.15, 0.2) is 29.2 Å². The molecule has 0 saturated carbocycles. The Hall–Kier alpha value is -0.960. The van der Waals surface area contributed by atoms with Gasteiger partial charge in [0.2, 0.25) is 0 Å². The van der Waals surface area contributed by atoms with Gasteiger partial charge >= 0.3 is 0 Å². The van der Waals surface area contributed by atoms with Gasteiger partial charge in [-0.25, -0.2) is 0 Å². The van der Waals surface area contributed by atoms with Gasteiger partial charge in [-0.2, -0.15) is 0 Å². The molecule has 0 aromatic heterocycles. The molecular weight excluding hydrogens is 218 g/mol. The Labute approximate surface area is 103 Å². The lowest BCUT2D eigenvalue weighted by molar-refractivity contribution is 0.0933. The first-order valence-electron chi connectivity index (χ1n) is 5.77. The molecule has 0 heterocycles. The molecule has 0 fully saturated rings. The minimum Gasteiger partial charge on any atom is -0.349 e. The van der Waals surface area contributed by atoms with Crippen LogP contribution in [0.5, 0.6) is 0 Å². The fraction of sp³-hybridized carbons (Fsp3) is 0.462. The van der Waals surface area contributed by atoms with Gasteiger partial charge in [0.25, 0.3) is 5.91 Å². The molecule has 1 amide bonds. The zero-order chi connectivity index (χ0) is 12.0. The van der Waals surface area contributed by atoms with Crippen molar-refractivity contribution < 1.29 is 4.79 Å². The van der Waals surface area contributed by atoms with E-state index in [0.29, 0.717) is 5.56 Å². The van der Waals surface area contributed by atoms with Crippen molar-refractivity contribution in [2.75, 3.05) is 0 Å². The number of carbonyl (C=O) groups excluding carboxylic acids is 1. The summed E-state index contributed by atoms with van der Waals surface area (Å²) in [6.07, 6.45) is 3.09. The van der Waals surface area contributed by atoms with Crippen molar-refractivity contribution in [2.45, 2.75) is 44.0 Å². The van der Waals surface area contributed by atoms with E-state index in [9.17, 15) is 4.79 Å². The third kappa shape index (κ3) is 3.89. The fourth-order valence-electron chi connectivity index (χ4n) is 1.64. The second-order valence-electron chi connectivity index (χ2n) is 3.92. The smallest absolute Gasteiger partial charge is 0.251 e. The molecule has 1 unspecified atom stereocenters. The Bertz CT molecular complexity index is 352. The molecule has 1 aromatic rings. The molecule has 1 N–H and O–H groups in total. The topological polar surface area (TPSA) is 29.1 Å². The van der Waals surface area contributed by atoms with Crippen molar-refractivity contribution in [3.05, 3.63) is 29.8 Å². The van der Waals surface area contributed by atoms with E-state index >= 15 is 0 Å². The van der Waals surface area contributed by atoms with E-state index in [1.807, 2.05) is 18.2 Å². The molecule has 0 spiro atoms. The molecule has 0 radical (unpaired) electrons. The molecule has 0 aliphatic heterocycles. The van der Waals surface area contributed by atoms with E-state index in [1.54, 1.807) is 6.07 Å². The van der Waals surface area contributed by atoms with E-state index in [4.69, 9.17) is 0 Å². The van der Waals surface area contributed by atoms with Gasteiger partial charge in [0.1, 0.15) is 0 Å². The van der Waals surface area contributed by atoms with Crippen LogP contribution in [0, 0.1) is 0 Å². The summed E-state index contributed by atoms with van der Waals surface area (Å²) >= 11 is 4.22. The molecule has 16 heavy (non-hydrogen) atoms. The van der Waals surface area contributed by atoms with Crippen LogP contribution in [-0.2, 0) is 0 Å². The summed E-state index contributed by atoms with van der Waals surface area (Å²) in [5.74, 6) is -0.00352. The Morgan fingerprint density at radius 1 is 1.44 bits per heavy atom. The van der Waals surface area contributed by atoms with Crippen LogP contribution in [0.2, 0.25) is 0 Å². The largest absolute Gasteiger partial charge is 0.349 e. The number of thiol groups is 1. The van der Waals surface area contributed by atoms with Crippen LogP contribution in [0.25, 0.3) is 0 Å². The maximum absolute atomic E-state index is 11.9. The second kappa shape index (κ2) is 6.59. The van der Waals surface area contributed by atoms with E-state index in [0.717, 1.165) is 24.2 Å². The third-order valence-corrected chi connectivity index (χ3v) is 2.85. The lowest BCUT2D eigenvalue weighted by Gasteiger charge is -2.16. The van der Waals surface area contributed by atoms with E-state index in [1.165, 1.54) is 0 Å². The fourth-order valence-corrected chi connectivity index (χ4v) is 1.87. The van der Waals surface area contributed by atoms with E-state index in [-0.39, 0.29) is 11.9 Å². The zero-order valence-electron chi connectivity index (χ0n) is 9.86. The monoisotopic (exact) mass is 237 g/mol. The first-order valence-corrected chi connectivity index (χ1v) is 6.22. The van der Waals surface area contributed by atoms with Gasteiger partial charge in [0.05, 0.1) is 0 Å². The van der Waals surface area contributed by atoms with Gasteiger partial charge in [-0.05, 0) is 31.0 Å². The van der Waals surface area contributed by atoms with Crippen molar-refractivity contribution in [3.8, 4) is 0 Å². The van der Waals surface area contributed by atoms with Crippen LogP contribution in [0.4, 0.5) is 0 Å². The SMILES string of the molecule is CCCC(CC)NC(=O)c1cccc(S)c1. The summed E-state index contributed by atoms with van der Waals surface area (Å²) in [7, 11) is 0. The molecule has 0 saturated heterocycles. The number of benzene rings is 1. The molecule has 1 atom stereocenters. The minimum absolute atomic E-state index is 0.00352. The van der Waals surface area contributed by atoms with Gasteiger partial charge in [-0.3, -0.25) is 4.79 Å². The first kappa shape index (κ1) is 13.1. The highest BCUT2D eigenvalue weighted by Crippen LogP contribution is 2.10. The predicted molar refractivity (Wildman–Crippen MR) is 70.1 cm³/mol. The Morgan fingerprint density at radius 3 is 2.75 bits per heavy atom. The van der Waals surface area contributed by atoms with Crippen LogP contribution in [0.1, 0.15) is 43.5 Å². The zero-order valence-corrected chi connectivity index (χ0v) is 10.8. The maximum atomic E-state index is 11.9. The molecule has 0 aliphatic rings. The Morgan fingerprint density at radius 2 is 2.19 bits per heavy atom. The first-order chi connectivity index (χ1) is 7.67. The lowest BCUT2D eigenvalue weighted by atomic mass is 10.1. The molecule has 0 aliphatic carbocycles. The predicted octanol–water partition coefficient (Wildman–Crippen LogP) is 3.28. The number of nitrogens with one attached hydrogen (secondary N) is 1. The van der Waals surface area contributed by atoms with Gasteiger partial charge in [-0.15, -0.1) is 12.6 Å². The summed E-state index contributed by atoms with van der Waals surface area (Å²) in [4.78, 5) is 12.7. The van der Waals surface area contributed by atoms with E-state index in [2.05, 4.69) is 31.8 Å². The summed E-state index contributed by atoms with van der Waals surface area (Å²) in [6, 6.07) is 7.59. The Balaban J connectivity index is 2.64. The van der Waals surface area contributed by atoms with Crippen LogP contribution in [-0.4, -0.2) is 11.9 Å². The normalized spacial score (nSPS) is 12.2. The molecule has 1 rings (SSSR count). The Kier molecular flexibility index (Phi) is 5.39. The van der Waals surface area contributed by atoms with Crippen LogP contribution >= 0.6 is 12.6 Å². The van der Waals surface area contributed by atoms with Gasteiger partial charge in [0.15, 0.2) is 0 Å². The van der Waals surface area contributed by atoms with Crippen molar-refractivity contribution in [3.63, 3.8) is 0 Å².